The molecule has 0 radical (unpaired) electrons. The predicted octanol–water partition coefficient (Wildman–Crippen LogP) is 2.21. The molecule has 0 aliphatic carbocycles. The molecule has 2 aromatic carbocycles. The number of aromatic hydroxyl groups is 2. The largest absolute Gasteiger partial charge is 0.504 e. The van der Waals surface area contributed by atoms with Crippen LogP contribution in [0.25, 0.3) is 5.69 Å². The van der Waals surface area contributed by atoms with E-state index >= 15 is 0 Å². The predicted molar refractivity (Wildman–Crippen MR) is 84.5 cm³/mol. The first-order valence-corrected chi connectivity index (χ1v) is 7.04. The van der Waals surface area contributed by atoms with Gasteiger partial charge in [-0.2, -0.15) is 5.10 Å². The molecule has 0 saturated carbocycles. The van der Waals surface area contributed by atoms with Crippen molar-refractivity contribution in [1.29, 1.82) is 0 Å². The van der Waals surface area contributed by atoms with E-state index in [9.17, 15) is 15.0 Å². The van der Waals surface area contributed by atoms with E-state index in [4.69, 9.17) is 0 Å². The number of phenolic OH excluding ortho intramolecular Hbond substituents is 2. The number of hydrogen-bond donors (Lipinski definition) is 3. The number of nitrogens with one attached hydrogen (secondary N) is 1. The van der Waals surface area contributed by atoms with Gasteiger partial charge in [-0.15, -0.1) is 0 Å². The number of nitrogens with zero attached hydrogens (tertiary/aromatic N) is 2. The van der Waals surface area contributed by atoms with Crippen molar-refractivity contribution in [2.75, 3.05) is 0 Å². The van der Waals surface area contributed by atoms with Crippen LogP contribution in [0.15, 0.2) is 60.9 Å². The van der Waals surface area contributed by atoms with Crippen molar-refractivity contribution in [1.82, 2.24) is 15.1 Å². The number of hydrogen-bond acceptors (Lipinski definition) is 4. The molecule has 0 unspecified atom stereocenters. The molecule has 1 amide bonds. The van der Waals surface area contributed by atoms with Gasteiger partial charge in [0.1, 0.15) is 0 Å². The molecule has 6 heteroatoms. The summed E-state index contributed by atoms with van der Waals surface area (Å²) >= 11 is 0. The minimum atomic E-state index is -0.464. The van der Waals surface area contributed by atoms with Crippen LogP contribution < -0.4 is 5.32 Å². The van der Waals surface area contributed by atoms with Gasteiger partial charge in [-0.1, -0.05) is 24.3 Å². The van der Waals surface area contributed by atoms with E-state index in [1.807, 2.05) is 36.5 Å². The molecule has 6 nitrogen and oxygen atoms in total. The highest BCUT2D eigenvalue weighted by Crippen LogP contribution is 2.28. The van der Waals surface area contributed by atoms with Crippen LogP contribution >= 0.6 is 0 Å². The minimum absolute atomic E-state index is 0.0292. The molecule has 3 N–H and O–H groups in total. The van der Waals surface area contributed by atoms with Crippen LogP contribution in [0.3, 0.4) is 0 Å². The van der Waals surface area contributed by atoms with Gasteiger partial charge in [0.25, 0.3) is 5.91 Å². The highest BCUT2D eigenvalue weighted by molar-refractivity contribution is 5.97. The molecule has 23 heavy (non-hydrogen) atoms. The second-order valence-electron chi connectivity index (χ2n) is 4.94. The summed E-state index contributed by atoms with van der Waals surface area (Å²) in [6.07, 6.45) is 3.50. The van der Waals surface area contributed by atoms with Crippen LogP contribution in [-0.2, 0) is 6.54 Å². The summed E-state index contributed by atoms with van der Waals surface area (Å²) in [5, 5.41) is 26.1. The molecule has 0 spiro atoms. The molecule has 0 atom stereocenters. The summed E-state index contributed by atoms with van der Waals surface area (Å²) in [7, 11) is 0. The molecule has 0 bridgehead atoms. The van der Waals surface area contributed by atoms with Crippen molar-refractivity contribution < 1.29 is 15.0 Å². The van der Waals surface area contributed by atoms with E-state index in [2.05, 4.69) is 10.4 Å². The molecule has 3 aromatic rings. The van der Waals surface area contributed by atoms with Crippen LogP contribution in [0.5, 0.6) is 11.5 Å². The molecular weight excluding hydrogens is 294 g/mol. The van der Waals surface area contributed by atoms with Gasteiger partial charge in [-0.05, 0) is 29.8 Å². The van der Waals surface area contributed by atoms with Crippen molar-refractivity contribution >= 4 is 5.91 Å². The van der Waals surface area contributed by atoms with Crippen molar-refractivity contribution in [3.05, 3.63) is 72.1 Å². The van der Waals surface area contributed by atoms with Gasteiger partial charge < -0.3 is 15.5 Å². The SMILES string of the molecule is O=C(NCc1ccccc1-n1cccn1)c1cccc(O)c1O. The van der Waals surface area contributed by atoms with Crippen molar-refractivity contribution in [2.24, 2.45) is 0 Å². The third-order valence-corrected chi connectivity index (χ3v) is 3.44. The summed E-state index contributed by atoms with van der Waals surface area (Å²) < 4.78 is 1.72. The first-order valence-electron chi connectivity index (χ1n) is 7.04. The van der Waals surface area contributed by atoms with Gasteiger partial charge >= 0.3 is 0 Å². The van der Waals surface area contributed by atoms with Gasteiger partial charge in [0.15, 0.2) is 11.5 Å². The number of amides is 1. The maximum Gasteiger partial charge on any atom is 0.255 e. The Kier molecular flexibility index (Phi) is 3.97. The van der Waals surface area contributed by atoms with Gasteiger partial charge in [-0.25, -0.2) is 4.68 Å². The van der Waals surface area contributed by atoms with E-state index in [1.54, 1.807) is 10.9 Å². The van der Waals surface area contributed by atoms with Crippen molar-refractivity contribution in [3.63, 3.8) is 0 Å². The number of carbonyl (C=O) groups excluding carboxylic acids is 1. The zero-order valence-corrected chi connectivity index (χ0v) is 12.2. The third kappa shape index (κ3) is 3.01. The molecule has 116 valence electrons. The smallest absolute Gasteiger partial charge is 0.255 e. The fraction of sp³-hybridized carbons (Fsp3) is 0.0588. The zero-order chi connectivity index (χ0) is 16.2. The lowest BCUT2D eigenvalue weighted by molar-refractivity contribution is 0.0947. The van der Waals surface area contributed by atoms with E-state index in [0.29, 0.717) is 0 Å². The van der Waals surface area contributed by atoms with E-state index < -0.39 is 11.7 Å². The quantitative estimate of drug-likeness (QED) is 0.645. The molecule has 0 aliphatic rings. The minimum Gasteiger partial charge on any atom is -0.504 e. The van der Waals surface area contributed by atoms with Gasteiger partial charge in [0.2, 0.25) is 0 Å². The summed E-state index contributed by atoms with van der Waals surface area (Å²) in [6.45, 7) is 0.268. The highest BCUT2D eigenvalue weighted by Gasteiger charge is 2.14. The number of phenols is 2. The Balaban J connectivity index is 1.79. The van der Waals surface area contributed by atoms with Gasteiger partial charge in [-0.3, -0.25) is 4.79 Å². The Morgan fingerprint density at radius 3 is 2.70 bits per heavy atom. The van der Waals surface area contributed by atoms with Crippen LogP contribution in [0.2, 0.25) is 0 Å². The average molecular weight is 309 g/mol. The van der Waals surface area contributed by atoms with E-state index in [0.717, 1.165) is 11.3 Å². The van der Waals surface area contributed by atoms with E-state index in [-0.39, 0.29) is 17.9 Å². The van der Waals surface area contributed by atoms with Crippen LogP contribution in [-0.4, -0.2) is 25.9 Å². The second-order valence-corrected chi connectivity index (χ2v) is 4.94. The summed E-state index contributed by atoms with van der Waals surface area (Å²) in [4.78, 5) is 12.2. The molecule has 1 aromatic heterocycles. The van der Waals surface area contributed by atoms with Crippen molar-refractivity contribution in [2.45, 2.75) is 6.54 Å². The topological polar surface area (TPSA) is 87.4 Å². The number of carbonyl (C=O) groups is 1. The normalized spacial score (nSPS) is 10.4. The first kappa shape index (κ1) is 14.6. The Hall–Kier alpha value is -3.28. The molecule has 0 aliphatic heterocycles. The Bertz CT molecular complexity index is 829. The standard InChI is InChI=1S/C17H15N3O3/c21-15-8-3-6-13(16(15)22)17(23)18-11-12-5-1-2-7-14(12)20-10-4-9-19-20/h1-10,21-22H,11H2,(H,18,23). The Morgan fingerprint density at radius 2 is 1.91 bits per heavy atom. The first-order chi connectivity index (χ1) is 11.2. The lowest BCUT2D eigenvalue weighted by Gasteiger charge is -2.11. The zero-order valence-electron chi connectivity index (χ0n) is 12.2. The molecule has 0 fully saturated rings. The molecule has 3 rings (SSSR count). The number of para-hydroxylation sites is 2. The fourth-order valence-electron chi connectivity index (χ4n) is 2.28. The van der Waals surface area contributed by atoms with E-state index in [1.165, 1.54) is 18.2 Å². The number of benzene rings is 2. The molecular formula is C17H15N3O3. The fourth-order valence-corrected chi connectivity index (χ4v) is 2.28. The molecule has 1 heterocycles. The number of aromatic nitrogens is 2. The maximum atomic E-state index is 12.2. The Morgan fingerprint density at radius 1 is 1.09 bits per heavy atom. The average Bonchev–Trinajstić information content (AvgIpc) is 3.10. The van der Waals surface area contributed by atoms with Crippen LogP contribution in [0.1, 0.15) is 15.9 Å². The molecule has 0 saturated heterocycles. The summed E-state index contributed by atoms with van der Waals surface area (Å²) in [5.74, 6) is -1.21. The monoisotopic (exact) mass is 309 g/mol. The van der Waals surface area contributed by atoms with Crippen LogP contribution in [0, 0.1) is 0 Å². The number of rotatable bonds is 4. The lowest BCUT2D eigenvalue weighted by Crippen LogP contribution is -2.23. The third-order valence-electron chi connectivity index (χ3n) is 3.44. The lowest BCUT2D eigenvalue weighted by atomic mass is 10.1. The second kappa shape index (κ2) is 6.23. The highest BCUT2D eigenvalue weighted by atomic mass is 16.3. The maximum absolute atomic E-state index is 12.2. The van der Waals surface area contributed by atoms with Crippen LogP contribution in [0.4, 0.5) is 0 Å². The summed E-state index contributed by atoms with van der Waals surface area (Å²) in [5.41, 5.74) is 1.77. The Labute approximate surface area is 132 Å². The van der Waals surface area contributed by atoms with Crippen molar-refractivity contribution in [3.8, 4) is 17.2 Å². The van der Waals surface area contributed by atoms with Gasteiger partial charge in [0, 0.05) is 18.9 Å². The van der Waals surface area contributed by atoms with Gasteiger partial charge in [0.05, 0.1) is 11.3 Å². The summed E-state index contributed by atoms with van der Waals surface area (Å²) in [6, 6.07) is 13.6.